The van der Waals surface area contributed by atoms with E-state index in [2.05, 4.69) is 20.4 Å². The van der Waals surface area contributed by atoms with Crippen LogP contribution in [0.25, 0.3) is 0 Å². The van der Waals surface area contributed by atoms with Gasteiger partial charge in [-0.1, -0.05) is 24.3 Å². The van der Waals surface area contributed by atoms with Crippen LogP contribution in [0.3, 0.4) is 0 Å². The number of methoxy groups -OCH3 is 1. The molecule has 1 unspecified atom stereocenters. The average Bonchev–Trinajstić information content (AvgIpc) is 2.85. The molecule has 0 saturated carbocycles. The number of nitrogens with zero attached hydrogens (tertiary/aromatic N) is 2. The number of anilines is 1. The Bertz CT molecular complexity index is 1060. The summed E-state index contributed by atoms with van der Waals surface area (Å²) >= 11 is 0. The zero-order valence-electron chi connectivity index (χ0n) is 19.4. The van der Waals surface area contributed by atoms with Crippen LogP contribution < -0.4 is 20.3 Å². The molecule has 2 aromatic carbocycles. The summed E-state index contributed by atoms with van der Waals surface area (Å²) in [6, 6.07) is 13.6. The number of phenols is 1. The average molecular weight is 467 g/mol. The first-order valence-corrected chi connectivity index (χ1v) is 11.4. The molecule has 2 heterocycles. The van der Waals surface area contributed by atoms with Gasteiger partial charge in [0.2, 0.25) is 0 Å². The van der Waals surface area contributed by atoms with Gasteiger partial charge in [-0.2, -0.15) is 0 Å². The zero-order chi connectivity index (χ0) is 24.1. The molecule has 2 aromatic rings. The maximum atomic E-state index is 13.0. The molecule has 1 saturated heterocycles. The summed E-state index contributed by atoms with van der Waals surface area (Å²) in [5, 5.41) is 15.9. The summed E-state index contributed by atoms with van der Waals surface area (Å²) in [7, 11) is 1.59. The number of aromatic hydroxyl groups is 1. The summed E-state index contributed by atoms with van der Waals surface area (Å²) < 4.78 is 10.6. The van der Waals surface area contributed by atoms with E-state index >= 15 is 0 Å². The van der Waals surface area contributed by atoms with Crippen LogP contribution in [0, 0.1) is 0 Å². The molecule has 4 rings (SSSR count). The number of esters is 1. The topological polar surface area (TPSA) is 103 Å². The monoisotopic (exact) mass is 466 g/mol. The molecule has 180 valence electrons. The second-order valence-corrected chi connectivity index (χ2v) is 8.17. The van der Waals surface area contributed by atoms with Gasteiger partial charge in [-0.25, -0.2) is 9.59 Å². The Morgan fingerprint density at radius 2 is 1.79 bits per heavy atom. The van der Waals surface area contributed by atoms with E-state index in [4.69, 9.17) is 9.47 Å². The fourth-order valence-electron chi connectivity index (χ4n) is 4.34. The summed E-state index contributed by atoms with van der Waals surface area (Å²) in [6.07, 6.45) is 0. The first-order chi connectivity index (χ1) is 16.5. The predicted molar refractivity (Wildman–Crippen MR) is 128 cm³/mol. The van der Waals surface area contributed by atoms with Gasteiger partial charge in [0.05, 0.1) is 31.0 Å². The first-order valence-electron chi connectivity index (χ1n) is 11.4. The standard InChI is InChI=1S/C25H30N4O5/c1-3-34-24(31)22-19(26-25(32)27-23(22)17-8-10-18(33-2)11-9-17)16-28-12-14-29(15-13-28)20-6-4-5-7-21(20)30/h4-11,23,30H,3,12-16H2,1-2H3,(H2,26,27,32). The van der Waals surface area contributed by atoms with E-state index in [1.165, 1.54) is 0 Å². The largest absolute Gasteiger partial charge is 0.506 e. The van der Waals surface area contributed by atoms with Crippen LogP contribution in [0.5, 0.6) is 11.5 Å². The lowest BCUT2D eigenvalue weighted by atomic mass is 9.94. The molecule has 0 aromatic heterocycles. The van der Waals surface area contributed by atoms with Gasteiger partial charge in [-0.3, -0.25) is 4.90 Å². The van der Waals surface area contributed by atoms with E-state index in [-0.39, 0.29) is 18.4 Å². The maximum absolute atomic E-state index is 13.0. The summed E-state index contributed by atoms with van der Waals surface area (Å²) in [4.78, 5) is 29.8. The summed E-state index contributed by atoms with van der Waals surface area (Å²) in [5.41, 5.74) is 2.51. The van der Waals surface area contributed by atoms with Crippen molar-refractivity contribution in [3.05, 3.63) is 65.4 Å². The number of carbonyl (C=O) groups is 2. The van der Waals surface area contributed by atoms with Gasteiger partial charge in [0.15, 0.2) is 0 Å². The van der Waals surface area contributed by atoms with Crippen molar-refractivity contribution >= 4 is 17.7 Å². The molecule has 1 fully saturated rings. The van der Waals surface area contributed by atoms with Crippen molar-refractivity contribution in [3.63, 3.8) is 0 Å². The molecule has 2 aliphatic heterocycles. The number of urea groups is 1. The van der Waals surface area contributed by atoms with Gasteiger partial charge in [-0.15, -0.1) is 0 Å². The van der Waals surface area contributed by atoms with Gasteiger partial charge in [-0.05, 0) is 36.8 Å². The van der Waals surface area contributed by atoms with Gasteiger partial charge < -0.3 is 30.1 Å². The molecule has 2 amide bonds. The Balaban J connectivity index is 1.56. The molecule has 0 spiro atoms. The molecule has 0 aliphatic carbocycles. The number of rotatable bonds is 7. The van der Waals surface area contributed by atoms with E-state index in [0.29, 0.717) is 49.7 Å². The van der Waals surface area contributed by atoms with Crippen molar-refractivity contribution < 1.29 is 24.2 Å². The molecule has 2 aliphatic rings. The molecule has 1 atom stereocenters. The van der Waals surface area contributed by atoms with E-state index in [1.807, 2.05) is 24.3 Å². The van der Waals surface area contributed by atoms with Crippen LogP contribution in [-0.2, 0) is 9.53 Å². The highest BCUT2D eigenvalue weighted by molar-refractivity contribution is 5.95. The van der Waals surface area contributed by atoms with Crippen molar-refractivity contribution in [1.82, 2.24) is 15.5 Å². The number of hydrogen-bond acceptors (Lipinski definition) is 7. The van der Waals surface area contributed by atoms with E-state index in [1.54, 1.807) is 38.3 Å². The minimum absolute atomic E-state index is 0.234. The van der Waals surface area contributed by atoms with Crippen LogP contribution in [-0.4, -0.2) is 68.4 Å². The molecular weight excluding hydrogens is 436 g/mol. The minimum Gasteiger partial charge on any atom is -0.506 e. The van der Waals surface area contributed by atoms with Gasteiger partial charge in [0.25, 0.3) is 0 Å². The van der Waals surface area contributed by atoms with E-state index in [0.717, 1.165) is 11.3 Å². The quantitative estimate of drug-likeness (QED) is 0.539. The Hall–Kier alpha value is -3.72. The summed E-state index contributed by atoms with van der Waals surface area (Å²) in [5.74, 6) is 0.489. The number of amides is 2. The smallest absolute Gasteiger partial charge is 0.338 e. The normalized spacial score (nSPS) is 18.8. The minimum atomic E-state index is -0.628. The lowest BCUT2D eigenvalue weighted by Crippen LogP contribution is -2.51. The number of piperazine rings is 1. The second kappa shape index (κ2) is 10.5. The fourth-order valence-corrected chi connectivity index (χ4v) is 4.34. The third kappa shape index (κ3) is 5.09. The van der Waals surface area contributed by atoms with Crippen LogP contribution in [0.2, 0.25) is 0 Å². The highest BCUT2D eigenvalue weighted by Gasteiger charge is 2.34. The second-order valence-electron chi connectivity index (χ2n) is 8.17. The number of hydrogen-bond donors (Lipinski definition) is 3. The molecule has 0 radical (unpaired) electrons. The van der Waals surface area contributed by atoms with Crippen LogP contribution in [0.4, 0.5) is 10.5 Å². The highest BCUT2D eigenvalue weighted by atomic mass is 16.5. The summed E-state index contributed by atoms with van der Waals surface area (Å²) in [6.45, 7) is 5.25. The lowest BCUT2D eigenvalue weighted by molar-refractivity contribution is -0.139. The number of ether oxygens (including phenoxy) is 2. The highest BCUT2D eigenvalue weighted by Crippen LogP contribution is 2.30. The van der Waals surface area contributed by atoms with Crippen molar-refractivity contribution in [2.75, 3.05) is 51.3 Å². The van der Waals surface area contributed by atoms with Crippen LogP contribution in [0.1, 0.15) is 18.5 Å². The van der Waals surface area contributed by atoms with E-state index in [9.17, 15) is 14.7 Å². The number of nitrogens with one attached hydrogen (secondary N) is 2. The number of phenolic OH excluding ortho intramolecular Hbond substituents is 1. The zero-order valence-corrected chi connectivity index (χ0v) is 19.4. The van der Waals surface area contributed by atoms with Crippen LogP contribution in [0.15, 0.2) is 59.8 Å². The Morgan fingerprint density at radius 1 is 1.09 bits per heavy atom. The van der Waals surface area contributed by atoms with Gasteiger partial charge in [0, 0.05) is 38.4 Å². The Labute approximate surface area is 198 Å². The lowest BCUT2D eigenvalue weighted by Gasteiger charge is -2.38. The molecule has 0 bridgehead atoms. The van der Waals surface area contributed by atoms with Gasteiger partial charge >= 0.3 is 12.0 Å². The Kier molecular flexibility index (Phi) is 7.22. The molecular formula is C25H30N4O5. The number of carbonyl (C=O) groups excluding carboxylic acids is 2. The maximum Gasteiger partial charge on any atom is 0.338 e. The SMILES string of the molecule is CCOC(=O)C1=C(CN2CCN(c3ccccc3O)CC2)NC(=O)NC1c1ccc(OC)cc1. The predicted octanol–water partition coefficient (Wildman–Crippen LogP) is 2.39. The third-order valence-electron chi connectivity index (χ3n) is 6.07. The molecule has 9 heteroatoms. The Morgan fingerprint density at radius 3 is 2.44 bits per heavy atom. The number of para-hydroxylation sites is 2. The van der Waals surface area contributed by atoms with Crippen molar-refractivity contribution in [2.45, 2.75) is 13.0 Å². The molecule has 9 nitrogen and oxygen atoms in total. The fraction of sp³-hybridized carbons (Fsp3) is 0.360. The first kappa shape index (κ1) is 23.4. The number of benzene rings is 2. The molecule has 34 heavy (non-hydrogen) atoms. The third-order valence-corrected chi connectivity index (χ3v) is 6.07. The van der Waals surface area contributed by atoms with Crippen LogP contribution >= 0.6 is 0 Å². The van der Waals surface area contributed by atoms with Gasteiger partial charge in [0.1, 0.15) is 11.5 Å². The van der Waals surface area contributed by atoms with Crippen molar-refractivity contribution in [2.24, 2.45) is 0 Å². The van der Waals surface area contributed by atoms with E-state index < -0.39 is 12.0 Å². The van der Waals surface area contributed by atoms with Crippen molar-refractivity contribution in [1.29, 1.82) is 0 Å². The van der Waals surface area contributed by atoms with Crippen molar-refractivity contribution in [3.8, 4) is 11.5 Å². The molecule has 3 N–H and O–H groups in total.